The molecule has 3 rings (SSSR count). The number of non-ortho nitro benzene ring substituents is 1. The monoisotopic (exact) mass is 333 g/mol. The SMILES string of the molecule is Cc1cc(-c2ccccc2)c(N=Cc2cccc([N+](=O)[O-])c2)c(=O)[nH]1. The van der Waals surface area contributed by atoms with Crippen molar-refractivity contribution in [2.75, 3.05) is 0 Å². The van der Waals surface area contributed by atoms with Gasteiger partial charge in [-0.05, 0) is 24.1 Å². The maximum absolute atomic E-state index is 12.4. The molecule has 1 aromatic heterocycles. The summed E-state index contributed by atoms with van der Waals surface area (Å²) >= 11 is 0. The Balaban J connectivity index is 2.07. The number of pyridine rings is 1. The van der Waals surface area contributed by atoms with Gasteiger partial charge in [0.2, 0.25) is 0 Å². The number of benzene rings is 2. The van der Waals surface area contributed by atoms with Gasteiger partial charge in [-0.1, -0.05) is 42.5 Å². The fourth-order valence-corrected chi connectivity index (χ4v) is 2.51. The van der Waals surface area contributed by atoms with Crippen LogP contribution in [0.2, 0.25) is 0 Å². The molecule has 0 spiro atoms. The number of H-pyrrole nitrogens is 1. The molecule has 3 aromatic rings. The molecule has 0 unspecified atom stereocenters. The lowest BCUT2D eigenvalue weighted by atomic mass is 10.0. The predicted octanol–water partition coefficient (Wildman–Crippen LogP) is 4.01. The maximum Gasteiger partial charge on any atom is 0.274 e. The molecule has 0 saturated heterocycles. The number of nitro benzene ring substituents is 1. The summed E-state index contributed by atoms with van der Waals surface area (Å²) in [7, 11) is 0. The third-order valence-electron chi connectivity index (χ3n) is 3.65. The number of nitro groups is 1. The first-order valence-corrected chi connectivity index (χ1v) is 7.62. The van der Waals surface area contributed by atoms with E-state index in [4.69, 9.17) is 0 Å². The smallest absolute Gasteiger partial charge is 0.274 e. The second-order valence-corrected chi connectivity index (χ2v) is 5.52. The summed E-state index contributed by atoms with van der Waals surface area (Å²) in [4.78, 5) is 29.8. The molecule has 0 fully saturated rings. The van der Waals surface area contributed by atoms with E-state index in [1.807, 2.05) is 43.3 Å². The fraction of sp³-hybridized carbons (Fsp3) is 0.0526. The Morgan fingerprint density at radius 2 is 1.84 bits per heavy atom. The van der Waals surface area contributed by atoms with E-state index in [1.54, 1.807) is 12.1 Å². The Labute approximate surface area is 143 Å². The van der Waals surface area contributed by atoms with Gasteiger partial charge in [-0.2, -0.15) is 0 Å². The van der Waals surface area contributed by atoms with Crippen LogP contribution in [0.25, 0.3) is 11.1 Å². The molecular weight excluding hydrogens is 318 g/mol. The Bertz CT molecular complexity index is 1010. The van der Waals surface area contributed by atoms with E-state index in [2.05, 4.69) is 9.98 Å². The van der Waals surface area contributed by atoms with E-state index in [0.717, 1.165) is 11.3 Å². The normalized spacial score (nSPS) is 10.9. The van der Waals surface area contributed by atoms with Crippen LogP contribution in [0.15, 0.2) is 70.5 Å². The summed E-state index contributed by atoms with van der Waals surface area (Å²) in [5.74, 6) is 0. The minimum absolute atomic E-state index is 0.0231. The highest BCUT2D eigenvalue weighted by molar-refractivity contribution is 5.86. The van der Waals surface area contributed by atoms with E-state index in [-0.39, 0.29) is 16.9 Å². The van der Waals surface area contributed by atoms with Crippen LogP contribution in [0.1, 0.15) is 11.3 Å². The van der Waals surface area contributed by atoms with E-state index in [0.29, 0.717) is 11.1 Å². The number of aromatic nitrogens is 1. The van der Waals surface area contributed by atoms with Gasteiger partial charge in [0, 0.05) is 29.6 Å². The molecule has 2 aromatic carbocycles. The van der Waals surface area contributed by atoms with Crippen molar-refractivity contribution in [3.63, 3.8) is 0 Å². The average Bonchev–Trinajstić information content (AvgIpc) is 2.61. The number of aryl methyl sites for hydroxylation is 1. The van der Waals surface area contributed by atoms with Crippen molar-refractivity contribution >= 4 is 17.6 Å². The number of hydrogen-bond acceptors (Lipinski definition) is 4. The van der Waals surface area contributed by atoms with Crippen LogP contribution < -0.4 is 5.56 Å². The van der Waals surface area contributed by atoms with Crippen molar-refractivity contribution < 1.29 is 4.92 Å². The van der Waals surface area contributed by atoms with Crippen LogP contribution in [0.5, 0.6) is 0 Å². The lowest BCUT2D eigenvalue weighted by Crippen LogP contribution is -2.08. The molecule has 1 heterocycles. The highest BCUT2D eigenvalue weighted by Gasteiger charge is 2.10. The zero-order valence-corrected chi connectivity index (χ0v) is 13.5. The quantitative estimate of drug-likeness (QED) is 0.444. The molecule has 0 saturated carbocycles. The maximum atomic E-state index is 12.4. The van der Waals surface area contributed by atoms with Gasteiger partial charge in [-0.15, -0.1) is 0 Å². The molecule has 1 N–H and O–H groups in total. The van der Waals surface area contributed by atoms with Gasteiger partial charge in [0.15, 0.2) is 0 Å². The lowest BCUT2D eigenvalue weighted by Gasteiger charge is -2.06. The highest BCUT2D eigenvalue weighted by atomic mass is 16.6. The summed E-state index contributed by atoms with van der Waals surface area (Å²) in [6, 6.07) is 17.4. The summed E-state index contributed by atoms with van der Waals surface area (Å²) in [5.41, 5.74) is 2.81. The first-order valence-electron chi connectivity index (χ1n) is 7.62. The molecular formula is C19H15N3O3. The molecule has 25 heavy (non-hydrogen) atoms. The van der Waals surface area contributed by atoms with Crippen LogP contribution in [0.4, 0.5) is 11.4 Å². The van der Waals surface area contributed by atoms with E-state index >= 15 is 0 Å². The summed E-state index contributed by atoms with van der Waals surface area (Å²) in [6.45, 7) is 1.81. The number of aliphatic imine (C=N–C) groups is 1. The largest absolute Gasteiger partial charge is 0.325 e. The van der Waals surface area contributed by atoms with Gasteiger partial charge in [0.05, 0.1) is 4.92 Å². The Morgan fingerprint density at radius 1 is 1.08 bits per heavy atom. The molecule has 0 radical (unpaired) electrons. The topological polar surface area (TPSA) is 88.4 Å². The third-order valence-corrected chi connectivity index (χ3v) is 3.65. The van der Waals surface area contributed by atoms with Crippen molar-refractivity contribution in [2.24, 2.45) is 4.99 Å². The van der Waals surface area contributed by atoms with Crippen LogP contribution in [0.3, 0.4) is 0 Å². The van der Waals surface area contributed by atoms with E-state index in [1.165, 1.54) is 18.3 Å². The van der Waals surface area contributed by atoms with Crippen molar-refractivity contribution in [3.05, 3.63) is 92.4 Å². The van der Waals surface area contributed by atoms with Gasteiger partial charge < -0.3 is 4.98 Å². The molecule has 0 amide bonds. The molecule has 6 heteroatoms. The molecule has 6 nitrogen and oxygen atoms in total. The molecule has 0 atom stereocenters. The van der Waals surface area contributed by atoms with Gasteiger partial charge in [-0.3, -0.25) is 14.9 Å². The Hall–Kier alpha value is -3.54. The van der Waals surface area contributed by atoms with Crippen molar-refractivity contribution in [1.29, 1.82) is 0 Å². The van der Waals surface area contributed by atoms with E-state index < -0.39 is 4.92 Å². The van der Waals surface area contributed by atoms with Gasteiger partial charge >= 0.3 is 0 Å². The first-order chi connectivity index (χ1) is 12.0. The van der Waals surface area contributed by atoms with Crippen LogP contribution in [0, 0.1) is 17.0 Å². The standard InChI is InChI=1S/C19H15N3O3/c1-13-10-17(15-7-3-2-4-8-15)18(19(23)21-13)20-12-14-6-5-9-16(11-14)22(24)25/h2-12H,1H3,(H,21,23). The number of nitrogens with one attached hydrogen (secondary N) is 1. The first kappa shape index (κ1) is 16.3. The second kappa shape index (κ2) is 6.92. The molecule has 0 aliphatic rings. The molecule has 0 aliphatic heterocycles. The van der Waals surface area contributed by atoms with Crippen molar-refractivity contribution in [2.45, 2.75) is 6.92 Å². The predicted molar refractivity (Wildman–Crippen MR) is 97.6 cm³/mol. The van der Waals surface area contributed by atoms with Gasteiger partial charge in [0.1, 0.15) is 5.69 Å². The van der Waals surface area contributed by atoms with Crippen molar-refractivity contribution in [1.82, 2.24) is 4.98 Å². The molecule has 0 bridgehead atoms. The zero-order valence-electron chi connectivity index (χ0n) is 13.5. The lowest BCUT2D eigenvalue weighted by molar-refractivity contribution is -0.384. The van der Waals surface area contributed by atoms with Crippen LogP contribution in [-0.2, 0) is 0 Å². The summed E-state index contributed by atoms with van der Waals surface area (Å²) in [5, 5.41) is 10.9. The Kier molecular flexibility index (Phi) is 4.52. The van der Waals surface area contributed by atoms with Gasteiger partial charge in [0.25, 0.3) is 11.2 Å². The number of aromatic amines is 1. The average molecular weight is 333 g/mol. The highest BCUT2D eigenvalue weighted by Crippen LogP contribution is 2.27. The zero-order chi connectivity index (χ0) is 17.8. The third kappa shape index (κ3) is 3.69. The minimum atomic E-state index is -0.467. The molecule has 0 aliphatic carbocycles. The summed E-state index contributed by atoms with van der Waals surface area (Å²) in [6.07, 6.45) is 1.46. The van der Waals surface area contributed by atoms with E-state index in [9.17, 15) is 14.9 Å². The van der Waals surface area contributed by atoms with Crippen molar-refractivity contribution in [3.8, 4) is 11.1 Å². The second-order valence-electron chi connectivity index (χ2n) is 5.52. The van der Waals surface area contributed by atoms with Gasteiger partial charge in [-0.25, -0.2) is 4.99 Å². The Morgan fingerprint density at radius 3 is 2.56 bits per heavy atom. The minimum Gasteiger partial charge on any atom is -0.325 e. The number of rotatable bonds is 4. The molecule has 124 valence electrons. The summed E-state index contributed by atoms with van der Waals surface area (Å²) < 4.78 is 0. The number of nitrogens with zero attached hydrogens (tertiary/aromatic N) is 2. The number of hydrogen-bond donors (Lipinski definition) is 1. The van der Waals surface area contributed by atoms with Crippen LogP contribution in [-0.4, -0.2) is 16.1 Å². The fourth-order valence-electron chi connectivity index (χ4n) is 2.51. The van der Waals surface area contributed by atoms with Crippen LogP contribution >= 0.6 is 0 Å².